The zero-order chi connectivity index (χ0) is 9.68. The maximum absolute atomic E-state index is 5.78. The van der Waals surface area contributed by atoms with Crippen LogP contribution in [-0.4, -0.2) is 12.4 Å². The van der Waals surface area contributed by atoms with Gasteiger partial charge in [-0.15, -0.1) is 6.58 Å². The number of nitrogens with zero attached hydrogens (tertiary/aromatic N) is 1. The van der Waals surface area contributed by atoms with Crippen LogP contribution in [-0.2, 0) is 0 Å². The van der Waals surface area contributed by atoms with Gasteiger partial charge >= 0.3 is 0 Å². The Bertz CT molecular complexity index is 327. The second-order valence-electron chi connectivity index (χ2n) is 2.83. The van der Waals surface area contributed by atoms with Gasteiger partial charge in [0.15, 0.2) is 0 Å². The Kier molecular flexibility index (Phi) is 3.26. The quantitative estimate of drug-likeness (QED) is 0.424. The van der Waals surface area contributed by atoms with E-state index in [-0.39, 0.29) is 0 Å². The predicted octanol–water partition coefficient (Wildman–Crippen LogP) is 1.89. The van der Waals surface area contributed by atoms with Crippen molar-refractivity contribution >= 4 is 5.84 Å². The number of benzene rings is 1. The van der Waals surface area contributed by atoms with Crippen molar-refractivity contribution in [2.75, 3.05) is 6.54 Å². The van der Waals surface area contributed by atoms with E-state index in [9.17, 15) is 0 Å². The van der Waals surface area contributed by atoms with Gasteiger partial charge in [-0.3, -0.25) is 4.99 Å². The van der Waals surface area contributed by atoms with Crippen molar-refractivity contribution < 1.29 is 0 Å². The highest BCUT2D eigenvalue weighted by Crippen LogP contribution is 2.05. The number of hydrogen-bond donors (Lipinski definition) is 1. The number of rotatable bonds is 3. The van der Waals surface area contributed by atoms with Gasteiger partial charge in [-0.05, 0) is 12.5 Å². The fourth-order valence-corrected chi connectivity index (χ4v) is 1.11. The highest BCUT2D eigenvalue weighted by molar-refractivity contribution is 5.98. The molecule has 0 aliphatic carbocycles. The summed E-state index contributed by atoms with van der Waals surface area (Å²) in [5.74, 6) is 0.581. The molecule has 0 aliphatic heterocycles. The molecule has 0 fully saturated rings. The van der Waals surface area contributed by atoms with E-state index in [2.05, 4.69) is 11.6 Å². The normalized spacial score (nSPS) is 11.3. The molecule has 0 saturated carbocycles. The third kappa shape index (κ3) is 2.44. The van der Waals surface area contributed by atoms with Crippen molar-refractivity contribution in [2.24, 2.45) is 10.7 Å². The molecular weight excluding hydrogens is 160 g/mol. The van der Waals surface area contributed by atoms with Crippen LogP contribution >= 0.6 is 0 Å². The second kappa shape index (κ2) is 4.45. The van der Waals surface area contributed by atoms with E-state index >= 15 is 0 Å². The number of aliphatic imine (C=N–C) groups is 1. The van der Waals surface area contributed by atoms with Crippen LogP contribution in [0, 0.1) is 6.92 Å². The van der Waals surface area contributed by atoms with Gasteiger partial charge in [0.2, 0.25) is 0 Å². The molecule has 1 aromatic rings. The molecule has 0 aliphatic rings. The SMILES string of the molecule is C=CCN=C(N)c1ccccc1C. The van der Waals surface area contributed by atoms with Crippen LogP contribution in [0.4, 0.5) is 0 Å². The summed E-state index contributed by atoms with van der Waals surface area (Å²) in [6, 6.07) is 7.93. The zero-order valence-electron chi connectivity index (χ0n) is 7.83. The standard InChI is InChI=1S/C11H14N2/c1-3-8-13-11(12)10-7-5-4-6-9(10)2/h3-7H,1,8H2,2H3,(H2,12,13). The summed E-state index contributed by atoms with van der Waals surface area (Å²) in [6.45, 7) is 6.18. The first-order chi connectivity index (χ1) is 6.25. The first-order valence-corrected chi connectivity index (χ1v) is 4.22. The van der Waals surface area contributed by atoms with Gasteiger partial charge in [0, 0.05) is 5.56 Å². The summed E-state index contributed by atoms with van der Waals surface area (Å²) in [6.07, 6.45) is 1.73. The third-order valence-electron chi connectivity index (χ3n) is 1.81. The van der Waals surface area contributed by atoms with Crippen molar-refractivity contribution in [2.45, 2.75) is 6.92 Å². The molecule has 0 aromatic heterocycles. The minimum Gasteiger partial charge on any atom is -0.383 e. The minimum atomic E-state index is 0.570. The van der Waals surface area contributed by atoms with Gasteiger partial charge in [0.25, 0.3) is 0 Å². The smallest absolute Gasteiger partial charge is 0.126 e. The zero-order valence-corrected chi connectivity index (χ0v) is 7.83. The lowest BCUT2D eigenvalue weighted by molar-refractivity contribution is 1.22. The van der Waals surface area contributed by atoms with Crippen molar-refractivity contribution in [3.63, 3.8) is 0 Å². The van der Waals surface area contributed by atoms with E-state index in [1.807, 2.05) is 31.2 Å². The monoisotopic (exact) mass is 174 g/mol. The van der Waals surface area contributed by atoms with Crippen LogP contribution in [0.1, 0.15) is 11.1 Å². The molecule has 0 atom stereocenters. The second-order valence-corrected chi connectivity index (χ2v) is 2.83. The van der Waals surface area contributed by atoms with Crippen LogP contribution in [0.5, 0.6) is 0 Å². The van der Waals surface area contributed by atoms with Crippen LogP contribution in [0.15, 0.2) is 41.9 Å². The molecular formula is C11H14N2. The Balaban J connectivity index is 2.94. The van der Waals surface area contributed by atoms with E-state index in [4.69, 9.17) is 5.73 Å². The van der Waals surface area contributed by atoms with Crippen molar-refractivity contribution in [3.8, 4) is 0 Å². The molecule has 0 bridgehead atoms. The van der Waals surface area contributed by atoms with Crippen LogP contribution in [0.3, 0.4) is 0 Å². The number of amidine groups is 1. The molecule has 0 heterocycles. The van der Waals surface area contributed by atoms with Gasteiger partial charge in [-0.1, -0.05) is 30.3 Å². The third-order valence-corrected chi connectivity index (χ3v) is 1.81. The highest BCUT2D eigenvalue weighted by Gasteiger charge is 1.99. The lowest BCUT2D eigenvalue weighted by Crippen LogP contribution is -2.15. The Morgan fingerprint density at radius 3 is 2.85 bits per heavy atom. The first kappa shape index (κ1) is 9.52. The fourth-order valence-electron chi connectivity index (χ4n) is 1.11. The molecule has 2 heteroatoms. The predicted molar refractivity (Wildman–Crippen MR) is 57.0 cm³/mol. The van der Waals surface area contributed by atoms with Gasteiger partial charge in [-0.2, -0.15) is 0 Å². The molecule has 2 nitrogen and oxygen atoms in total. The Morgan fingerprint density at radius 1 is 1.54 bits per heavy atom. The van der Waals surface area contributed by atoms with Crippen LogP contribution in [0.2, 0.25) is 0 Å². The molecule has 0 amide bonds. The Hall–Kier alpha value is -1.57. The summed E-state index contributed by atoms with van der Waals surface area (Å²) in [5.41, 5.74) is 7.93. The van der Waals surface area contributed by atoms with Crippen LogP contribution in [0.25, 0.3) is 0 Å². The fraction of sp³-hybridized carbons (Fsp3) is 0.182. The molecule has 1 rings (SSSR count). The average molecular weight is 174 g/mol. The van der Waals surface area contributed by atoms with E-state index in [0.29, 0.717) is 12.4 Å². The molecule has 0 radical (unpaired) electrons. The molecule has 13 heavy (non-hydrogen) atoms. The molecule has 1 aromatic carbocycles. The highest BCUT2D eigenvalue weighted by atomic mass is 14.8. The summed E-state index contributed by atoms with van der Waals surface area (Å²) in [7, 11) is 0. The molecule has 0 saturated heterocycles. The maximum Gasteiger partial charge on any atom is 0.126 e. The van der Waals surface area contributed by atoms with E-state index in [1.54, 1.807) is 6.08 Å². The number of nitrogens with two attached hydrogens (primary N) is 1. The molecule has 0 unspecified atom stereocenters. The van der Waals surface area contributed by atoms with Crippen molar-refractivity contribution in [3.05, 3.63) is 48.0 Å². The first-order valence-electron chi connectivity index (χ1n) is 4.22. The topological polar surface area (TPSA) is 38.4 Å². The van der Waals surface area contributed by atoms with Gasteiger partial charge in [0.05, 0.1) is 6.54 Å². The van der Waals surface area contributed by atoms with Gasteiger partial charge < -0.3 is 5.73 Å². The van der Waals surface area contributed by atoms with E-state index < -0.39 is 0 Å². The summed E-state index contributed by atoms with van der Waals surface area (Å²) < 4.78 is 0. The van der Waals surface area contributed by atoms with E-state index in [0.717, 1.165) is 11.1 Å². The van der Waals surface area contributed by atoms with Gasteiger partial charge in [-0.25, -0.2) is 0 Å². The number of hydrogen-bond acceptors (Lipinski definition) is 1. The maximum atomic E-state index is 5.78. The number of aryl methyl sites for hydroxylation is 1. The Labute approximate surface area is 78.8 Å². The van der Waals surface area contributed by atoms with E-state index in [1.165, 1.54) is 0 Å². The molecule has 0 spiro atoms. The molecule has 2 N–H and O–H groups in total. The Morgan fingerprint density at radius 2 is 2.23 bits per heavy atom. The largest absolute Gasteiger partial charge is 0.383 e. The van der Waals surface area contributed by atoms with Crippen LogP contribution < -0.4 is 5.73 Å². The lowest BCUT2D eigenvalue weighted by atomic mass is 10.1. The lowest BCUT2D eigenvalue weighted by Gasteiger charge is -2.03. The summed E-state index contributed by atoms with van der Waals surface area (Å²) in [5, 5.41) is 0. The summed E-state index contributed by atoms with van der Waals surface area (Å²) in [4.78, 5) is 4.15. The van der Waals surface area contributed by atoms with Crippen molar-refractivity contribution in [1.29, 1.82) is 0 Å². The molecule has 68 valence electrons. The minimum absolute atomic E-state index is 0.570. The summed E-state index contributed by atoms with van der Waals surface area (Å²) >= 11 is 0. The average Bonchev–Trinajstić information content (AvgIpc) is 2.15. The van der Waals surface area contributed by atoms with Crippen molar-refractivity contribution in [1.82, 2.24) is 0 Å². The van der Waals surface area contributed by atoms with Gasteiger partial charge in [0.1, 0.15) is 5.84 Å².